The number of ketones is 1. The molecule has 0 radical (unpaired) electrons. The lowest BCUT2D eigenvalue weighted by molar-refractivity contribution is -0.857. The van der Waals surface area contributed by atoms with E-state index in [9.17, 15) is 14.7 Å². The Bertz CT molecular complexity index is 954. The van der Waals surface area contributed by atoms with Gasteiger partial charge in [0.1, 0.15) is 11.5 Å². The molecule has 2 aromatic rings. The van der Waals surface area contributed by atoms with Gasteiger partial charge in [-0.25, -0.2) is 0 Å². The third-order valence-electron chi connectivity index (χ3n) is 4.92. The molecule has 1 amide bonds. The molecule has 1 fully saturated rings. The Morgan fingerprint density at radius 1 is 1.17 bits per heavy atom. The van der Waals surface area contributed by atoms with Crippen LogP contribution in [0.2, 0.25) is 5.02 Å². The molecule has 0 aromatic heterocycles. The fourth-order valence-electron chi connectivity index (χ4n) is 3.37. The number of ether oxygens (including phenoxy) is 1. The summed E-state index contributed by atoms with van der Waals surface area (Å²) in [7, 11) is 5.48. The predicted octanol–water partition coefficient (Wildman–Crippen LogP) is 1.91. The topological polar surface area (TPSA) is 71.3 Å². The summed E-state index contributed by atoms with van der Waals surface area (Å²) in [6, 6.07) is 13.0. The van der Waals surface area contributed by atoms with Gasteiger partial charge in [0.05, 0.1) is 45.9 Å². The first kappa shape index (κ1) is 20.9. The maximum atomic E-state index is 12.9. The molecule has 1 atom stereocenters. The second-order valence-electron chi connectivity index (χ2n) is 7.23. The highest BCUT2D eigenvalue weighted by atomic mass is 35.5. The molecule has 1 heterocycles. The normalized spacial score (nSPS) is 18.5. The molecule has 29 heavy (non-hydrogen) atoms. The third kappa shape index (κ3) is 4.28. The quantitative estimate of drug-likeness (QED) is 0.429. The molecule has 152 valence electrons. The van der Waals surface area contributed by atoms with Crippen molar-refractivity contribution in [3.8, 4) is 5.75 Å². The van der Waals surface area contributed by atoms with Crippen molar-refractivity contribution in [1.82, 2.24) is 4.90 Å². The first-order valence-corrected chi connectivity index (χ1v) is 9.68. The van der Waals surface area contributed by atoms with Crippen LogP contribution >= 0.6 is 11.6 Å². The third-order valence-corrected chi connectivity index (χ3v) is 5.17. The maximum Gasteiger partial charge on any atom is 0.295 e. The number of rotatable bonds is 6. The molecule has 0 saturated carbocycles. The summed E-state index contributed by atoms with van der Waals surface area (Å²) in [6.45, 7) is 1.05. The van der Waals surface area contributed by atoms with Crippen molar-refractivity contribution in [1.29, 1.82) is 0 Å². The molecule has 7 heteroatoms. The van der Waals surface area contributed by atoms with Gasteiger partial charge >= 0.3 is 0 Å². The standard InChI is InChI=1S/C22H23ClN2O4/c1-24(2)11-12-25-19(14-7-9-16(23)10-8-14)18(21(27)22(25)28)20(26)15-5-4-6-17(13-15)29-3/h4-10,13,19,26H,11-12H2,1-3H3/p+1/t19-/m1/s1. The zero-order valence-corrected chi connectivity index (χ0v) is 17.4. The number of benzene rings is 2. The molecule has 0 spiro atoms. The zero-order valence-electron chi connectivity index (χ0n) is 16.6. The van der Waals surface area contributed by atoms with E-state index in [-0.39, 0.29) is 11.3 Å². The SMILES string of the molecule is COc1cccc(C(O)=C2C(=O)C(=O)N(CC[NH+](C)C)[C@@H]2c2ccc(Cl)cc2)c1. The van der Waals surface area contributed by atoms with Gasteiger partial charge < -0.3 is 19.6 Å². The highest BCUT2D eigenvalue weighted by molar-refractivity contribution is 6.46. The lowest BCUT2D eigenvalue weighted by atomic mass is 9.95. The van der Waals surface area contributed by atoms with Crippen LogP contribution in [0.25, 0.3) is 5.76 Å². The summed E-state index contributed by atoms with van der Waals surface area (Å²) in [5.41, 5.74) is 1.20. The monoisotopic (exact) mass is 415 g/mol. The Morgan fingerprint density at radius 3 is 2.48 bits per heavy atom. The molecule has 1 aliphatic heterocycles. The van der Waals surface area contributed by atoms with Crippen LogP contribution in [0.1, 0.15) is 17.2 Å². The maximum absolute atomic E-state index is 12.9. The van der Waals surface area contributed by atoms with E-state index in [0.29, 0.717) is 35.0 Å². The van der Waals surface area contributed by atoms with Gasteiger partial charge in [-0.1, -0.05) is 35.9 Å². The average Bonchev–Trinajstić information content (AvgIpc) is 2.97. The van der Waals surface area contributed by atoms with Crippen LogP contribution in [-0.4, -0.2) is 56.0 Å². The van der Waals surface area contributed by atoms with E-state index in [4.69, 9.17) is 16.3 Å². The van der Waals surface area contributed by atoms with Crippen LogP contribution in [-0.2, 0) is 9.59 Å². The minimum absolute atomic E-state index is 0.0688. The van der Waals surface area contributed by atoms with E-state index in [2.05, 4.69) is 0 Å². The second-order valence-corrected chi connectivity index (χ2v) is 7.67. The first-order chi connectivity index (χ1) is 13.8. The number of methoxy groups -OCH3 is 1. The number of quaternary nitrogens is 1. The number of aliphatic hydroxyl groups is 1. The number of aliphatic hydroxyl groups excluding tert-OH is 1. The fraction of sp³-hybridized carbons (Fsp3) is 0.273. The van der Waals surface area contributed by atoms with Crippen LogP contribution in [0.3, 0.4) is 0 Å². The minimum Gasteiger partial charge on any atom is -0.507 e. The molecule has 0 aliphatic carbocycles. The van der Waals surface area contributed by atoms with Crippen molar-refractivity contribution in [3.63, 3.8) is 0 Å². The number of carbonyl (C=O) groups excluding carboxylic acids is 2. The number of hydrogen-bond donors (Lipinski definition) is 2. The molecule has 3 rings (SSSR count). The van der Waals surface area contributed by atoms with Gasteiger partial charge in [0.25, 0.3) is 11.7 Å². The number of nitrogens with zero attached hydrogens (tertiary/aromatic N) is 1. The molecule has 0 unspecified atom stereocenters. The summed E-state index contributed by atoms with van der Waals surface area (Å²) >= 11 is 6.02. The molecule has 0 bridgehead atoms. The molecular weight excluding hydrogens is 392 g/mol. The van der Waals surface area contributed by atoms with Gasteiger partial charge in [-0.05, 0) is 29.8 Å². The number of hydrogen-bond acceptors (Lipinski definition) is 4. The fourth-order valence-corrected chi connectivity index (χ4v) is 3.50. The van der Waals surface area contributed by atoms with Crippen LogP contribution in [0.4, 0.5) is 0 Å². The van der Waals surface area contributed by atoms with Gasteiger partial charge in [-0.3, -0.25) is 9.59 Å². The van der Waals surface area contributed by atoms with Crippen LogP contribution in [0.5, 0.6) is 5.75 Å². The summed E-state index contributed by atoms with van der Waals surface area (Å²) in [4.78, 5) is 28.4. The van der Waals surface area contributed by atoms with E-state index in [1.54, 1.807) is 48.5 Å². The summed E-state index contributed by atoms with van der Waals surface area (Å²) in [6.07, 6.45) is 0. The number of likely N-dealkylation sites (N-methyl/N-ethyl adjacent to an activating group) is 1. The highest BCUT2D eigenvalue weighted by Crippen LogP contribution is 2.39. The van der Waals surface area contributed by atoms with Crippen molar-refractivity contribution in [3.05, 3.63) is 70.3 Å². The van der Waals surface area contributed by atoms with Gasteiger partial charge in [0.2, 0.25) is 0 Å². The lowest BCUT2D eigenvalue weighted by Crippen LogP contribution is -3.06. The summed E-state index contributed by atoms with van der Waals surface area (Å²) in [5, 5.41) is 11.6. The summed E-state index contributed by atoms with van der Waals surface area (Å²) in [5.74, 6) is -0.987. The van der Waals surface area contributed by atoms with Crippen molar-refractivity contribution in [2.24, 2.45) is 0 Å². The van der Waals surface area contributed by atoms with Crippen molar-refractivity contribution >= 4 is 29.1 Å². The number of halogens is 1. The Hall–Kier alpha value is -2.83. The number of amides is 1. The summed E-state index contributed by atoms with van der Waals surface area (Å²) < 4.78 is 5.21. The Kier molecular flexibility index (Phi) is 6.25. The van der Waals surface area contributed by atoms with Crippen molar-refractivity contribution < 1.29 is 24.3 Å². The number of carbonyl (C=O) groups is 2. The number of likely N-dealkylation sites (tertiary alicyclic amines) is 1. The minimum atomic E-state index is -0.695. The van der Waals surface area contributed by atoms with Gasteiger partial charge in [0.15, 0.2) is 0 Å². The van der Waals surface area contributed by atoms with E-state index in [1.807, 2.05) is 14.1 Å². The van der Waals surface area contributed by atoms with E-state index < -0.39 is 17.7 Å². The smallest absolute Gasteiger partial charge is 0.295 e. The molecular formula is C22H24ClN2O4+. The highest BCUT2D eigenvalue weighted by Gasteiger charge is 2.46. The van der Waals surface area contributed by atoms with Crippen molar-refractivity contribution in [2.45, 2.75) is 6.04 Å². The van der Waals surface area contributed by atoms with Crippen molar-refractivity contribution in [2.75, 3.05) is 34.3 Å². The van der Waals surface area contributed by atoms with E-state index >= 15 is 0 Å². The zero-order chi connectivity index (χ0) is 21.1. The number of nitrogens with one attached hydrogen (secondary N) is 1. The second kappa shape index (κ2) is 8.68. The average molecular weight is 416 g/mol. The lowest BCUT2D eigenvalue weighted by Gasteiger charge is -2.25. The van der Waals surface area contributed by atoms with E-state index in [1.165, 1.54) is 12.0 Å². The van der Waals surface area contributed by atoms with E-state index in [0.717, 1.165) is 4.90 Å². The van der Waals surface area contributed by atoms with Gasteiger partial charge in [-0.15, -0.1) is 0 Å². The van der Waals surface area contributed by atoms with Gasteiger partial charge in [-0.2, -0.15) is 0 Å². The largest absolute Gasteiger partial charge is 0.507 e. The first-order valence-electron chi connectivity index (χ1n) is 9.30. The van der Waals surface area contributed by atoms with Crippen LogP contribution in [0, 0.1) is 0 Å². The molecule has 2 aromatic carbocycles. The molecule has 6 nitrogen and oxygen atoms in total. The Labute approximate surface area is 174 Å². The predicted molar refractivity (Wildman–Crippen MR) is 111 cm³/mol. The number of Topliss-reactive ketones (excluding diaryl/α,β-unsaturated/α-hetero) is 1. The Morgan fingerprint density at radius 2 is 1.86 bits per heavy atom. The Balaban J connectivity index is 2.14. The molecule has 1 aliphatic rings. The molecule has 1 saturated heterocycles. The van der Waals surface area contributed by atoms with Crippen LogP contribution < -0.4 is 9.64 Å². The van der Waals surface area contributed by atoms with Crippen LogP contribution in [0.15, 0.2) is 54.1 Å². The van der Waals surface area contributed by atoms with Gasteiger partial charge in [0, 0.05) is 10.6 Å². The molecule has 2 N–H and O–H groups in total.